The van der Waals surface area contributed by atoms with E-state index < -0.39 is 34.2 Å². The lowest BCUT2D eigenvalue weighted by molar-refractivity contribution is 0.0706. The van der Waals surface area contributed by atoms with Crippen LogP contribution in [0.15, 0.2) is 0 Å². The molecule has 1 unspecified atom stereocenters. The summed E-state index contributed by atoms with van der Waals surface area (Å²) < 4.78 is 31.9. The van der Waals surface area contributed by atoms with Crippen molar-refractivity contribution in [1.29, 1.82) is 0 Å². The number of hydrogen-bond acceptors (Lipinski definition) is 6. The number of rotatable bonds is 5. The first-order valence-corrected chi connectivity index (χ1v) is 21.0. The summed E-state index contributed by atoms with van der Waals surface area (Å²) in [6.07, 6.45) is 2.62. The van der Waals surface area contributed by atoms with Crippen molar-refractivity contribution in [2.24, 2.45) is 0 Å². The highest BCUT2D eigenvalue weighted by atomic mass is 32.2. The molecule has 0 aromatic carbocycles. The van der Waals surface area contributed by atoms with E-state index in [1.54, 1.807) is 0 Å². The van der Waals surface area contributed by atoms with Gasteiger partial charge in [0.05, 0.1) is 6.10 Å². The Balaban J connectivity index is 1.94. The lowest BCUT2D eigenvalue weighted by Crippen LogP contribution is -2.65. The van der Waals surface area contributed by atoms with Gasteiger partial charge in [0, 0.05) is 12.4 Å². The maximum atomic E-state index is 6.57. The third-order valence-electron chi connectivity index (χ3n) is 3.92. The first-order chi connectivity index (χ1) is 10.9. The van der Waals surface area contributed by atoms with Crippen molar-refractivity contribution in [2.75, 3.05) is 18.1 Å². The summed E-state index contributed by atoms with van der Waals surface area (Å²) in [6.45, 7) is 15.6. The summed E-state index contributed by atoms with van der Waals surface area (Å²) in [6, 6.07) is 0.939. The van der Waals surface area contributed by atoms with Crippen molar-refractivity contribution in [2.45, 2.75) is 70.8 Å². The lowest BCUT2D eigenvalue weighted by atomic mass is 10.3. The molecule has 2 aliphatic rings. The van der Waals surface area contributed by atoms with E-state index in [4.69, 9.17) is 21.2 Å². The molecule has 2 heterocycles. The van der Waals surface area contributed by atoms with E-state index in [0.717, 1.165) is 24.8 Å². The van der Waals surface area contributed by atoms with Crippen LogP contribution < -0.4 is 0 Å². The second-order valence-corrected chi connectivity index (χ2v) is 23.8. The highest BCUT2D eigenvalue weighted by Gasteiger charge is 2.52. The predicted octanol–water partition coefficient (Wildman–Crippen LogP) is 4.16. The van der Waals surface area contributed by atoms with Gasteiger partial charge in [-0.2, -0.15) is 11.8 Å². The molecule has 2 fully saturated rings. The van der Waals surface area contributed by atoms with Gasteiger partial charge in [-0.3, -0.25) is 0 Å². The quantitative estimate of drug-likeness (QED) is 0.486. The third kappa shape index (κ3) is 6.97. The molecule has 0 radical (unpaired) electrons. The van der Waals surface area contributed by atoms with Crippen LogP contribution in [0.4, 0.5) is 0 Å². The van der Waals surface area contributed by atoms with Crippen LogP contribution in [-0.2, 0) is 21.2 Å². The summed E-state index contributed by atoms with van der Waals surface area (Å²) in [5, 5.41) is 0. The molecule has 24 heavy (non-hydrogen) atoms. The van der Waals surface area contributed by atoms with Gasteiger partial charge in [0.2, 0.25) is 0 Å². The summed E-state index contributed by atoms with van der Waals surface area (Å²) in [5.74, 6) is 2.38. The molecule has 0 aromatic heterocycles. The normalized spacial score (nSPS) is 31.4. The molecule has 0 N–H and O–H groups in total. The van der Waals surface area contributed by atoms with Crippen LogP contribution in [0.25, 0.3) is 0 Å². The maximum absolute atomic E-state index is 6.57. The Morgan fingerprint density at radius 2 is 1.42 bits per heavy atom. The minimum absolute atomic E-state index is 0.443. The molecular formula is C14H34O5SSi4. The number of thioether (sulfide) groups is 1. The van der Waals surface area contributed by atoms with E-state index in [1.165, 1.54) is 12.2 Å². The van der Waals surface area contributed by atoms with Crippen LogP contribution in [0.2, 0.25) is 51.9 Å². The molecule has 142 valence electrons. The highest BCUT2D eigenvalue weighted by molar-refractivity contribution is 7.99. The maximum Gasteiger partial charge on any atom is 0.317 e. The lowest BCUT2D eigenvalue weighted by Gasteiger charge is -2.47. The Bertz CT molecular complexity index is 407. The average molecular weight is 427 g/mol. The Hall–Kier alpha value is 1.02. The van der Waals surface area contributed by atoms with Gasteiger partial charge in [0.15, 0.2) is 0 Å². The molecule has 0 aliphatic carbocycles. The minimum Gasteiger partial charge on any atom is -0.416 e. The number of hydrogen-bond donors (Lipinski definition) is 0. The zero-order valence-electron chi connectivity index (χ0n) is 16.3. The molecule has 10 heteroatoms. The molecule has 5 nitrogen and oxygen atoms in total. The Labute approximate surface area is 156 Å². The summed E-state index contributed by atoms with van der Waals surface area (Å²) in [5.41, 5.74) is 0. The molecule has 2 saturated heterocycles. The molecule has 2 rings (SSSR count). The monoisotopic (exact) mass is 426 g/mol. The molecule has 0 bridgehead atoms. The Kier molecular flexibility index (Phi) is 7.06. The average Bonchev–Trinajstić information content (AvgIpc) is 2.81. The Morgan fingerprint density at radius 3 is 1.92 bits per heavy atom. The van der Waals surface area contributed by atoms with Crippen molar-refractivity contribution in [3.8, 4) is 0 Å². The van der Waals surface area contributed by atoms with Gasteiger partial charge in [-0.05, 0) is 70.5 Å². The second kappa shape index (κ2) is 7.95. The van der Waals surface area contributed by atoms with E-state index in [0.29, 0.717) is 6.10 Å². The fourth-order valence-electron chi connectivity index (χ4n) is 3.70. The van der Waals surface area contributed by atoms with Crippen LogP contribution in [0.1, 0.15) is 12.8 Å². The smallest absolute Gasteiger partial charge is 0.317 e. The first kappa shape index (κ1) is 21.3. The standard InChI is InChI=1S/C14H34O5SSi4/c1-21(2)16-22(3,4)18-24(7,19-23(5,6)17-21)12-8-10-15-14-9-11-20-13-14/h14H,8-13H2,1-7H3. The van der Waals surface area contributed by atoms with Crippen molar-refractivity contribution < 1.29 is 21.2 Å². The van der Waals surface area contributed by atoms with Gasteiger partial charge in [-0.25, -0.2) is 0 Å². The van der Waals surface area contributed by atoms with Crippen LogP contribution >= 0.6 is 11.8 Å². The summed E-state index contributed by atoms with van der Waals surface area (Å²) in [4.78, 5) is 0. The fourth-order valence-corrected chi connectivity index (χ4v) is 26.4. The van der Waals surface area contributed by atoms with Gasteiger partial charge in [-0.1, -0.05) is 0 Å². The number of ether oxygens (including phenoxy) is 1. The first-order valence-electron chi connectivity index (χ1n) is 8.90. The van der Waals surface area contributed by atoms with Crippen molar-refractivity contribution >= 4 is 46.0 Å². The topological polar surface area (TPSA) is 46.2 Å². The molecule has 1 atom stereocenters. The van der Waals surface area contributed by atoms with Crippen LogP contribution in [0, 0.1) is 0 Å². The van der Waals surface area contributed by atoms with Gasteiger partial charge in [-0.15, -0.1) is 0 Å². The van der Waals surface area contributed by atoms with Gasteiger partial charge in [0.1, 0.15) is 0 Å². The van der Waals surface area contributed by atoms with Crippen molar-refractivity contribution in [3.63, 3.8) is 0 Å². The molecule has 0 amide bonds. The van der Waals surface area contributed by atoms with Crippen molar-refractivity contribution in [1.82, 2.24) is 0 Å². The third-order valence-corrected chi connectivity index (χ3v) is 21.6. The highest BCUT2D eigenvalue weighted by Crippen LogP contribution is 2.33. The van der Waals surface area contributed by atoms with E-state index in [9.17, 15) is 0 Å². The van der Waals surface area contributed by atoms with E-state index in [2.05, 4.69) is 45.8 Å². The molecule has 0 spiro atoms. The Morgan fingerprint density at radius 1 is 0.875 bits per heavy atom. The zero-order valence-corrected chi connectivity index (χ0v) is 21.1. The minimum atomic E-state index is -2.32. The van der Waals surface area contributed by atoms with E-state index >= 15 is 0 Å². The van der Waals surface area contributed by atoms with Gasteiger partial charge in [0.25, 0.3) is 0 Å². The molecule has 0 aromatic rings. The second-order valence-electron chi connectivity index (χ2n) is 8.20. The van der Waals surface area contributed by atoms with Crippen LogP contribution in [0.3, 0.4) is 0 Å². The van der Waals surface area contributed by atoms with Gasteiger partial charge >= 0.3 is 34.2 Å². The fraction of sp³-hybridized carbons (Fsp3) is 1.00. The largest absolute Gasteiger partial charge is 0.416 e. The molecule has 2 aliphatic heterocycles. The SMILES string of the molecule is C[Si]1(C)O[Si](C)(C)O[Si](C)(CCCOC2CCSC2)O[Si](C)(C)O1. The van der Waals surface area contributed by atoms with E-state index in [1.807, 2.05) is 11.8 Å². The van der Waals surface area contributed by atoms with Crippen LogP contribution in [-0.4, -0.2) is 58.5 Å². The zero-order chi connectivity index (χ0) is 18.1. The van der Waals surface area contributed by atoms with Gasteiger partial charge < -0.3 is 21.2 Å². The van der Waals surface area contributed by atoms with E-state index in [-0.39, 0.29) is 0 Å². The summed E-state index contributed by atoms with van der Waals surface area (Å²) >= 11 is 1.99. The predicted molar refractivity (Wildman–Crippen MR) is 110 cm³/mol. The van der Waals surface area contributed by atoms with Crippen molar-refractivity contribution in [3.05, 3.63) is 0 Å². The molecule has 0 saturated carbocycles. The molecular weight excluding hydrogens is 393 g/mol. The summed E-state index contributed by atoms with van der Waals surface area (Å²) in [7, 11) is -8.99. The van der Waals surface area contributed by atoms with Crippen LogP contribution in [0.5, 0.6) is 0 Å².